The zero-order valence-electron chi connectivity index (χ0n) is 9.59. The van der Waals surface area contributed by atoms with Gasteiger partial charge in [-0.3, -0.25) is 0 Å². The Labute approximate surface area is 92.2 Å². The van der Waals surface area contributed by atoms with Crippen molar-refractivity contribution < 1.29 is 0 Å². The molecule has 1 aliphatic heterocycles. The first-order valence-corrected chi connectivity index (χ1v) is 5.72. The van der Waals surface area contributed by atoms with E-state index in [1.165, 1.54) is 29.7 Å². The molecule has 1 heterocycles. The first-order valence-electron chi connectivity index (χ1n) is 5.72. The Bertz CT molecular complexity index is 339. The Morgan fingerprint density at radius 3 is 2.60 bits per heavy atom. The van der Waals surface area contributed by atoms with Crippen molar-refractivity contribution in [3.63, 3.8) is 0 Å². The average Bonchev–Trinajstić information content (AvgIpc) is 2.70. The highest BCUT2D eigenvalue weighted by atomic mass is 14.9. The largest absolute Gasteiger partial charge is 0.316 e. The van der Waals surface area contributed by atoms with E-state index in [-0.39, 0.29) is 0 Å². The lowest BCUT2D eigenvalue weighted by molar-refractivity contribution is 0.731. The summed E-state index contributed by atoms with van der Waals surface area (Å²) in [6.45, 7) is 6.67. The van der Waals surface area contributed by atoms with Gasteiger partial charge < -0.3 is 5.32 Å². The molecule has 1 fully saturated rings. The van der Waals surface area contributed by atoms with E-state index >= 15 is 0 Å². The fourth-order valence-corrected chi connectivity index (χ4v) is 2.16. The second-order valence-corrected chi connectivity index (χ2v) is 4.42. The third kappa shape index (κ3) is 2.48. The molecule has 1 aromatic rings. The second-order valence-electron chi connectivity index (χ2n) is 4.42. The summed E-state index contributed by atoms with van der Waals surface area (Å²) in [5, 5.41) is 3.39. The summed E-state index contributed by atoms with van der Waals surface area (Å²) in [4.78, 5) is 0. The van der Waals surface area contributed by atoms with Gasteiger partial charge in [0.1, 0.15) is 0 Å². The lowest BCUT2D eigenvalue weighted by Gasteiger charge is -2.05. The molecule has 1 unspecified atom stereocenters. The van der Waals surface area contributed by atoms with Crippen molar-refractivity contribution in [1.82, 2.24) is 5.32 Å². The van der Waals surface area contributed by atoms with Gasteiger partial charge >= 0.3 is 0 Å². The minimum absolute atomic E-state index is 0.726. The first-order chi connectivity index (χ1) is 7.27. The molecule has 2 rings (SSSR count). The van der Waals surface area contributed by atoms with E-state index in [2.05, 4.69) is 49.5 Å². The van der Waals surface area contributed by atoms with Crippen LogP contribution < -0.4 is 5.32 Å². The minimum Gasteiger partial charge on any atom is -0.316 e. The number of benzene rings is 1. The molecule has 1 aromatic carbocycles. The number of aryl methyl sites for hydroxylation is 2. The Morgan fingerprint density at radius 2 is 2.00 bits per heavy atom. The van der Waals surface area contributed by atoms with E-state index in [0.717, 1.165) is 12.5 Å². The Hall–Kier alpha value is -1.08. The van der Waals surface area contributed by atoms with Crippen molar-refractivity contribution in [3.05, 3.63) is 41.0 Å². The quantitative estimate of drug-likeness (QED) is 0.775. The summed E-state index contributed by atoms with van der Waals surface area (Å²) in [5.41, 5.74) is 4.14. The van der Waals surface area contributed by atoms with Crippen molar-refractivity contribution in [1.29, 1.82) is 0 Å². The standard InChI is InChI=1S/C14H19N/c1-11-4-3-5-12(2)14(11)7-6-13-8-9-15-10-13/h3-7,13,15H,8-10H2,1-2H3. The molecular formula is C14H19N. The molecule has 1 N–H and O–H groups in total. The van der Waals surface area contributed by atoms with Crippen LogP contribution >= 0.6 is 0 Å². The SMILES string of the molecule is Cc1cccc(C)c1C=CC1CCNC1. The van der Waals surface area contributed by atoms with Crippen molar-refractivity contribution in [2.75, 3.05) is 13.1 Å². The molecule has 0 saturated carbocycles. The summed E-state index contributed by atoms with van der Waals surface area (Å²) in [6.07, 6.45) is 5.93. The molecule has 1 saturated heterocycles. The Balaban J connectivity index is 2.15. The summed E-state index contributed by atoms with van der Waals surface area (Å²) in [6, 6.07) is 6.48. The fourth-order valence-electron chi connectivity index (χ4n) is 2.16. The van der Waals surface area contributed by atoms with E-state index in [0.29, 0.717) is 0 Å². The maximum Gasteiger partial charge on any atom is 0.00148 e. The lowest BCUT2D eigenvalue weighted by Crippen LogP contribution is -2.07. The second kappa shape index (κ2) is 4.63. The normalized spacial score (nSPS) is 21.3. The van der Waals surface area contributed by atoms with Crippen molar-refractivity contribution in [3.8, 4) is 0 Å². The molecule has 0 spiro atoms. The number of hydrogen-bond donors (Lipinski definition) is 1. The van der Waals surface area contributed by atoms with Gasteiger partial charge in [0, 0.05) is 6.54 Å². The van der Waals surface area contributed by atoms with Crippen LogP contribution in [0.2, 0.25) is 0 Å². The van der Waals surface area contributed by atoms with E-state index < -0.39 is 0 Å². The van der Waals surface area contributed by atoms with E-state index in [4.69, 9.17) is 0 Å². The fraction of sp³-hybridized carbons (Fsp3) is 0.429. The summed E-state index contributed by atoms with van der Waals surface area (Å²) in [7, 11) is 0. The minimum atomic E-state index is 0.726. The van der Waals surface area contributed by atoms with Crippen LogP contribution in [-0.4, -0.2) is 13.1 Å². The Morgan fingerprint density at radius 1 is 1.27 bits per heavy atom. The van der Waals surface area contributed by atoms with Gasteiger partial charge in [-0.25, -0.2) is 0 Å². The van der Waals surface area contributed by atoms with Crippen LogP contribution in [0.4, 0.5) is 0 Å². The van der Waals surface area contributed by atoms with Gasteiger partial charge in [-0.15, -0.1) is 0 Å². The van der Waals surface area contributed by atoms with Gasteiger partial charge in [0.05, 0.1) is 0 Å². The zero-order valence-corrected chi connectivity index (χ0v) is 9.59. The van der Waals surface area contributed by atoms with Gasteiger partial charge in [-0.1, -0.05) is 30.4 Å². The van der Waals surface area contributed by atoms with Gasteiger partial charge in [0.2, 0.25) is 0 Å². The van der Waals surface area contributed by atoms with E-state index in [1.54, 1.807) is 0 Å². The highest BCUT2D eigenvalue weighted by Crippen LogP contribution is 2.17. The molecule has 1 nitrogen and oxygen atoms in total. The van der Waals surface area contributed by atoms with Crippen LogP contribution in [0.25, 0.3) is 6.08 Å². The maximum atomic E-state index is 3.39. The molecule has 0 bridgehead atoms. The topological polar surface area (TPSA) is 12.0 Å². The molecule has 0 amide bonds. The van der Waals surface area contributed by atoms with Gasteiger partial charge in [0.25, 0.3) is 0 Å². The predicted octanol–water partition coefficient (Wildman–Crippen LogP) is 2.93. The van der Waals surface area contributed by atoms with Crippen LogP contribution in [0.1, 0.15) is 23.1 Å². The van der Waals surface area contributed by atoms with Crippen LogP contribution in [0, 0.1) is 19.8 Å². The third-order valence-electron chi connectivity index (χ3n) is 3.18. The molecular weight excluding hydrogens is 182 g/mol. The number of hydrogen-bond acceptors (Lipinski definition) is 1. The molecule has 0 radical (unpaired) electrons. The van der Waals surface area contributed by atoms with Gasteiger partial charge in [-0.05, 0) is 49.4 Å². The highest BCUT2D eigenvalue weighted by molar-refractivity contribution is 5.57. The summed E-state index contributed by atoms with van der Waals surface area (Å²) < 4.78 is 0. The third-order valence-corrected chi connectivity index (χ3v) is 3.18. The average molecular weight is 201 g/mol. The van der Waals surface area contributed by atoms with Crippen molar-refractivity contribution >= 4 is 6.08 Å². The van der Waals surface area contributed by atoms with Crippen LogP contribution in [0.15, 0.2) is 24.3 Å². The van der Waals surface area contributed by atoms with E-state index in [9.17, 15) is 0 Å². The highest BCUT2D eigenvalue weighted by Gasteiger charge is 2.10. The molecule has 0 aliphatic carbocycles. The number of nitrogens with one attached hydrogen (secondary N) is 1. The first kappa shape index (κ1) is 10.4. The van der Waals surface area contributed by atoms with Crippen LogP contribution in [0.5, 0.6) is 0 Å². The molecule has 1 heteroatoms. The van der Waals surface area contributed by atoms with Gasteiger partial charge in [-0.2, -0.15) is 0 Å². The van der Waals surface area contributed by atoms with Crippen molar-refractivity contribution in [2.24, 2.45) is 5.92 Å². The molecule has 15 heavy (non-hydrogen) atoms. The van der Waals surface area contributed by atoms with E-state index in [1.807, 2.05) is 0 Å². The smallest absolute Gasteiger partial charge is 0.00148 e. The monoisotopic (exact) mass is 201 g/mol. The number of rotatable bonds is 2. The zero-order chi connectivity index (χ0) is 10.7. The maximum absolute atomic E-state index is 3.39. The Kier molecular flexibility index (Phi) is 3.22. The van der Waals surface area contributed by atoms with Crippen LogP contribution in [-0.2, 0) is 0 Å². The molecule has 80 valence electrons. The lowest BCUT2D eigenvalue weighted by atomic mass is 10.00. The summed E-state index contributed by atoms with van der Waals surface area (Å²) >= 11 is 0. The van der Waals surface area contributed by atoms with Gasteiger partial charge in [0.15, 0.2) is 0 Å². The molecule has 1 aliphatic rings. The molecule has 0 aromatic heterocycles. The summed E-state index contributed by atoms with van der Waals surface area (Å²) in [5.74, 6) is 0.726. The van der Waals surface area contributed by atoms with Crippen LogP contribution in [0.3, 0.4) is 0 Å². The molecule has 1 atom stereocenters. The van der Waals surface area contributed by atoms with Crippen molar-refractivity contribution in [2.45, 2.75) is 20.3 Å². The predicted molar refractivity (Wildman–Crippen MR) is 65.9 cm³/mol.